The highest BCUT2D eigenvalue weighted by molar-refractivity contribution is 7.15. The third-order valence-corrected chi connectivity index (χ3v) is 5.34. The summed E-state index contributed by atoms with van der Waals surface area (Å²) in [6.07, 6.45) is 1.85. The molecule has 1 aliphatic rings. The van der Waals surface area contributed by atoms with Crippen molar-refractivity contribution in [3.8, 4) is 0 Å². The largest absolute Gasteiger partial charge is 0.375 e. The zero-order chi connectivity index (χ0) is 17.8. The van der Waals surface area contributed by atoms with Crippen LogP contribution in [0.2, 0.25) is 5.02 Å². The number of piperazine rings is 1. The molecule has 0 saturated carbocycles. The molecule has 1 atom stereocenters. The maximum atomic E-state index is 12.2. The van der Waals surface area contributed by atoms with Crippen LogP contribution in [0.4, 0.5) is 10.8 Å². The van der Waals surface area contributed by atoms with Gasteiger partial charge in [0, 0.05) is 54.0 Å². The third kappa shape index (κ3) is 5.15. The van der Waals surface area contributed by atoms with Crippen molar-refractivity contribution in [1.29, 1.82) is 0 Å². The SMILES string of the molecule is C[C@H]1CN(CC(=O)Nc2ccc(Cl)cc2)CCN1Cc1cnc(N)s1. The summed E-state index contributed by atoms with van der Waals surface area (Å²) in [5.74, 6) is -0.00166. The zero-order valence-electron chi connectivity index (χ0n) is 14.1. The van der Waals surface area contributed by atoms with Crippen LogP contribution in [0.5, 0.6) is 0 Å². The Morgan fingerprint density at radius 2 is 2.16 bits per heavy atom. The van der Waals surface area contributed by atoms with Gasteiger partial charge in [-0.05, 0) is 31.2 Å². The Hall–Kier alpha value is -1.67. The molecule has 134 valence electrons. The molecule has 1 aliphatic heterocycles. The minimum atomic E-state index is -0.00166. The summed E-state index contributed by atoms with van der Waals surface area (Å²) in [7, 11) is 0. The molecule has 1 fully saturated rings. The van der Waals surface area contributed by atoms with Crippen LogP contribution in [-0.2, 0) is 11.3 Å². The van der Waals surface area contributed by atoms with Gasteiger partial charge >= 0.3 is 0 Å². The van der Waals surface area contributed by atoms with Crippen molar-refractivity contribution < 1.29 is 4.79 Å². The van der Waals surface area contributed by atoms with E-state index in [1.165, 1.54) is 16.2 Å². The number of halogens is 1. The number of aromatic nitrogens is 1. The predicted octanol–water partition coefficient (Wildman–Crippen LogP) is 2.52. The first-order chi connectivity index (χ1) is 12.0. The van der Waals surface area contributed by atoms with Crippen LogP contribution in [-0.4, -0.2) is 52.9 Å². The number of anilines is 2. The highest BCUT2D eigenvalue weighted by Gasteiger charge is 2.25. The Morgan fingerprint density at radius 3 is 2.80 bits per heavy atom. The van der Waals surface area contributed by atoms with Gasteiger partial charge in [-0.2, -0.15) is 0 Å². The molecule has 0 radical (unpaired) electrons. The van der Waals surface area contributed by atoms with Gasteiger partial charge in [0.15, 0.2) is 5.13 Å². The number of carbonyl (C=O) groups excluding carboxylic acids is 1. The molecular formula is C17H22ClN5OS. The monoisotopic (exact) mass is 379 g/mol. The molecule has 1 saturated heterocycles. The second kappa shape index (κ2) is 8.14. The van der Waals surface area contributed by atoms with Gasteiger partial charge in [-0.3, -0.25) is 14.6 Å². The molecule has 1 aromatic heterocycles. The first-order valence-corrected chi connectivity index (χ1v) is 9.41. The molecule has 25 heavy (non-hydrogen) atoms. The summed E-state index contributed by atoms with van der Waals surface area (Å²) in [4.78, 5) is 22.1. The van der Waals surface area contributed by atoms with Gasteiger partial charge in [0.1, 0.15) is 0 Å². The van der Waals surface area contributed by atoms with Gasteiger partial charge in [-0.1, -0.05) is 11.6 Å². The van der Waals surface area contributed by atoms with Gasteiger partial charge in [0.25, 0.3) is 0 Å². The number of rotatable bonds is 5. The number of hydrogen-bond acceptors (Lipinski definition) is 6. The number of nitrogen functional groups attached to an aromatic ring is 1. The van der Waals surface area contributed by atoms with E-state index in [0.717, 1.165) is 31.9 Å². The fourth-order valence-corrected chi connectivity index (χ4v) is 3.82. The topological polar surface area (TPSA) is 74.5 Å². The molecule has 3 rings (SSSR count). The minimum Gasteiger partial charge on any atom is -0.375 e. The van der Waals surface area contributed by atoms with E-state index in [1.54, 1.807) is 12.1 Å². The van der Waals surface area contributed by atoms with Crippen molar-refractivity contribution >= 4 is 39.7 Å². The van der Waals surface area contributed by atoms with Crippen LogP contribution >= 0.6 is 22.9 Å². The summed E-state index contributed by atoms with van der Waals surface area (Å²) in [5, 5.41) is 4.18. The fourth-order valence-electron chi connectivity index (χ4n) is 2.98. The zero-order valence-corrected chi connectivity index (χ0v) is 15.7. The van der Waals surface area contributed by atoms with Gasteiger partial charge in [-0.25, -0.2) is 4.98 Å². The third-order valence-electron chi connectivity index (χ3n) is 4.27. The van der Waals surface area contributed by atoms with Gasteiger partial charge in [0.05, 0.1) is 6.54 Å². The summed E-state index contributed by atoms with van der Waals surface area (Å²) in [6.45, 7) is 6.10. The molecular weight excluding hydrogens is 358 g/mol. The lowest BCUT2D eigenvalue weighted by Crippen LogP contribution is -2.52. The predicted molar refractivity (Wildman–Crippen MR) is 103 cm³/mol. The van der Waals surface area contributed by atoms with Crippen molar-refractivity contribution in [2.45, 2.75) is 19.5 Å². The first-order valence-electron chi connectivity index (χ1n) is 8.21. The van der Waals surface area contributed by atoms with E-state index in [9.17, 15) is 4.79 Å². The van der Waals surface area contributed by atoms with Gasteiger partial charge in [0.2, 0.25) is 5.91 Å². The van der Waals surface area contributed by atoms with E-state index in [-0.39, 0.29) is 5.91 Å². The first kappa shape index (κ1) is 18.1. The minimum absolute atomic E-state index is 0.00166. The van der Waals surface area contributed by atoms with Crippen molar-refractivity contribution in [3.63, 3.8) is 0 Å². The standard InChI is InChI=1S/C17H22ClN5OS/c1-12-9-22(6-7-23(12)10-15-8-20-17(19)25-15)11-16(24)21-14-4-2-13(18)3-5-14/h2-5,8,12H,6-7,9-11H2,1H3,(H2,19,20)(H,21,24)/t12-/m0/s1. The lowest BCUT2D eigenvalue weighted by Gasteiger charge is -2.39. The molecule has 3 N–H and O–H groups in total. The smallest absolute Gasteiger partial charge is 0.238 e. The second-order valence-corrected chi connectivity index (χ2v) is 7.86. The molecule has 6 nitrogen and oxygen atoms in total. The van der Waals surface area contributed by atoms with Crippen LogP contribution in [0, 0.1) is 0 Å². The molecule has 2 aromatic rings. The number of nitrogens with zero attached hydrogens (tertiary/aromatic N) is 3. The fraction of sp³-hybridized carbons (Fsp3) is 0.412. The molecule has 1 aromatic carbocycles. The highest BCUT2D eigenvalue weighted by Crippen LogP contribution is 2.20. The van der Waals surface area contributed by atoms with Crippen molar-refractivity contribution in [3.05, 3.63) is 40.4 Å². The molecule has 0 unspecified atom stereocenters. The maximum absolute atomic E-state index is 12.2. The number of nitrogens with one attached hydrogen (secondary N) is 1. The number of thiazole rings is 1. The molecule has 0 bridgehead atoms. The van der Waals surface area contributed by atoms with E-state index in [2.05, 4.69) is 27.0 Å². The van der Waals surface area contributed by atoms with Crippen LogP contribution in [0.1, 0.15) is 11.8 Å². The maximum Gasteiger partial charge on any atom is 0.238 e. The van der Waals surface area contributed by atoms with E-state index in [1.807, 2.05) is 18.3 Å². The number of hydrogen-bond donors (Lipinski definition) is 2. The lowest BCUT2D eigenvalue weighted by molar-refractivity contribution is -0.118. The Kier molecular flexibility index (Phi) is 5.90. The molecule has 0 spiro atoms. The number of carbonyl (C=O) groups is 1. The van der Waals surface area contributed by atoms with Crippen LogP contribution in [0.15, 0.2) is 30.5 Å². The number of benzene rings is 1. The van der Waals surface area contributed by atoms with Gasteiger partial charge < -0.3 is 11.1 Å². The summed E-state index contributed by atoms with van der Waals surface area (Å²) in [5.41, 5.74) is 6.46. The average molecular weight is 380 g/mol. The van der Waals surface area contributed by atoms with Crippen LogP contribution < -0.4 is 11.1 Å². The van der Waals surface area contributed by atoms with Gasteiger partial charge in [-0.15, -0.1) is 11.3 Å². The quantitative estimate of drug-likeness (QED) is 0.835. The molecule has 8 heteroatoms. The van der Waals surface area contributed by atoms with E-state index in [4.69, 9.17) is 17.3 Å². The number of amides is 1. The van der Waals surface area contributed by atoms with E-state index >= 15 is 0 Å². The number of nitrogens with two attached hydrogens (primary N) is 1. The van der Waals surface area contributed by atoms with Crippen molar-refractivity contribution in [2.75, 3.05) is 37.2 Å². The van der Waals surface area contributed by atoms with E-state index in [0.29, 0.717) is 22.7 Å². The Balaban J connectivity index is 1.47. The average Bonchev–Trinajstić information content (AvgIpc) is 2.97. The Bertz CT molecular complexity index is 720. The summed E-state index contributed by atoms with van der Waals surface area (Å²) in [6, 6.07) is 7.53. The molecule has 0 aliphatic carbocycles. The molecule has 1 amide bonds. The highest BCUT2D eigenvalue weighted by atomic mass is 35.5. The van der Waals surface area contributed by atoms with Crippen LogP contribution in [0.3, 0.4) is 0 Å². The van der Waals surface area contributed by atoms with Crippen molar-refractivity contribution in [2.24, 2.45) is 0 Å². The normalized spacial score (nSPS) is 19.0. The van der Waals surface area contributed by atoms with Crippen molar-refractivity contribution in [1.82, 2.24) is 14.8 Å². The second-order valence-electron chi connectivity index (χ2n) is 6.27. The van der Waals surface area contributed by atoms with E-state index < -0.39 is 0 Å². The Morgan fingerprint density at radius 1 is 1.40 bits per heavy atom. The van der Waals surface area contributed by atoms with Crippen LogP contribution in [0.25, 0.3) is 0 Å². The Labute approximate surface area is 156 Å². The summed E-state index contributed by atoms with van der Waals surface area (Å²) >= 11 is 7.39. The summed E-state index contributed by atoms with van der Waals surface area (Å²) < 4.78 is 0. The lowest BCUT2D eigenvalue weighted by atomic mass is 10.2. The molecule has 2 heterocycles.